The Morgan fingerprint density at radius 2 is 1.93 bits per heavy atom. The number of hydrogen-bond acceptors (Lipinski definition) is 4. The smallest absolute Gasteiger partial charge is 0.216 e. The van der Waals surface area contributed by atoms with Gasteiger partial charge in [0.05, 0.1) is 0 Å². The van der Waals surface area contributed by atoms with Gasteiger partial charge in [0.25, 0.3) is 0 Å². The number of nitrogens with zero attached hydrogens (tertiary/aromatic N) is 2. The van der Waals surface area contributed by atoms with Crippen molar-refractivity contribution in [1.29, 1.82) is 0 Å². The molecule has 0 radical (unpaired) electrons. The zero-order chi connectivity index (χ0) is 10.7. The van der Waals surface area contributed by atoms with E-state index in [2.05, 4.69) is 15.2 Å². The summed E-state index contributed by atoms with van der Waals surface area (Å²) in [7, 11) is 0. The molecule has 0 spiro atoms. The summed E-state index contributed by atoms with van der Waals surface area (Å²) in [6.07, 6.45) is -1.02. The highest BCUT2D eigenvalue weighted by Gasteiger charge is 2.09. The average Bonchev–Trinajstić information content (AvgIpc) is 2.68. The predicted octanol–water partition coefficient (Wildman–Crippen LogP) is 0.379. The molecule has 0 aliphatic carbocycles. The Hall–Kier alpha value is -1.72. The van der Waals surface area contributed by atoms with E-state index in [0.717, 1.165) is 5.56 Å². The van der Waals surface area contributed by atoms with Gasteiger partial charge in [-0.2, -0.15) is 5.10 Å². The molecule has 0 saturated heterocycles. The van der Waals surface area contributed by atoms with Crippen molar-refractivity contribution >= 4 is 0 Å². The number of aliphatic hydroxyl groups excluding tert-OH is 1. The van der Waals surface area contributed by atoms with E-state index in [-0.39, 0.29) is 5.82 Å². The van der Waals surface area contributed by atoms with Crippen molar-refractivity contribution in [2.45, 2.75) is 12.7 Å². The van der Waals surface area contributed by atoms with Crippen molar-refractivity contribution < 1.29 is 10.2 Å². The molecule has 0 aliphatic heterocycles. The van der Waals surface area contributed by atoms with Crippen molar-refractivity contribution in [3.63, 3.8) is 0 Å². The molecule has 2 rings (SSSR count). The summed E-state index contributed by atoms with van der Waals surface area (Å²) in [5.41, 5.74) is 1.09. The molecule has 1 aromatic heterocycles. The molecule has 5 heteroatoms. The Morgan fingerprint density at radius 3 is 2.53 bits per heavy atom. The highest BCUT2D eigenvalue weighted by molar-refractivity contribution is 5.18. The molecule has 3 N–H and O–H groups in total. The molecule has 0 amide bonds. The number of nitrogens with one attached hydrogen (secondary N) is 1. The molecular formula is C10H11N3O2. The Balaban J connectivity index is 2.12. The van der Waals surface area contributed by atoms with Gasteiger partial charge in [0.1, 0.15) is 5.82 Å². The number of H-pyrrole nitrogens is 1. The number of hydrogen-bond donors (Lipinski definition) is 3. The monoisotopic (exact) mass is 205 g/mol. The van der Waals surface area contributed by atoms with E-state index in [0.29, 0.717) is 12.2 Å². The van der Waals surface area contributed by atoms with Crippen LogP contribution in [0.25, 0.3) is 0 Å². The van der Waals surface area contributed by atoms with Crippen molar-refractivity contribution in [3.8, 4) is 0 Å². The topological polar surface area (TPSA) is 82.0 Å². The molecular weight excluding hydrogens is 194 g/mol. The number of rotatable bonds is 3. The zero-order valence-corrected chi connectivity index (χ0v) is 7.96. The Morgan fingerprint density at radius 1 is 1.20 bits per heavy atom. The summed E-state index contributed by atoms with van der Waals surface area (Å²) in [5.74, 6) is 0.616. The van der Waals surface area contributed by atoms with Crippen LogP contribution >= 0.6 is 0 Å². The van der Waals surface area contributed by atoms with Crippen LogP contribution in [0.3, 0.4) is 0 Å². The van der Waals surface area contributed by atoms with Crippen LogP contribution < -0.4 is 0 Å². The second-order valence-electron chi connectivity index (χ2n) is 3.18. The maximum atomic E-state index is 8.81. The highest BCUT2D eigenvalue weighted by atomic mass is 16.5. The molecule has 0 fully saturated rings. The van der Waals surface area contributed by atoms with E-state index < -0.39 is 6.29 Å². The van der Waals surface area contributed by atoms with Gasteiger partial charge in [0, 0.05) is 6.42 Å². The lowest BCUT2D eigenvalue weighted by Gasteiger charge is -1.96. The largest absolute Gasteiger partial charge is 0.362 e. The van der Waals surface area contributed by atoms with Crippen LogP contribution in [0.1, 0.15) is 23.5 Å². The number of aliphatic hydroxyl groups is 2. The first-order chi connectivity index (χ1) is 7.25. The first kappa shape index (κ1) is 9.82. The van der Waals surface area contributed by atoms with Gasteiger partial charge in [-0.1, -0.05) is 30.3 Å². The van der Waals surface area contributed by atoms with E-state index >= 15 is 0 Å². The van der Waals surface area contributed by atoms with Crippen LogP contribution in [-0.2, 0) is 6.42 Å². The van der Waals surface area contributed by atoms with Crippen molar-refractivity contribution in [2.24, 2.45) is 0 Å². The van der Waals surface area contributed by atoms with Crippen LogP contribution in [0.4, 0.5) is 0 Å². The molecule has 5 nitrogen and oxygen atoms in total. The first-order valence-corrected chi connectivity index (χ1v) is 4.57. The van der Waals surface area contributed by atoms with Gasteiger partial charge in [0.2, 0.25) is 12.1 Å². The SMILES string of the molecule is OC(O)c1n[nH]c(Cc2ccccc2)n1. The minimum Gasteiger partial charge on any atom is -0.362 e. The van der Waals surface area contributed by atoms with Gasteiger partial charge in [-0.3, -0.25) is 5.10 Å². The minimum absolute atomic E-state index is 0.000862. The third-order valence-corrected chi connectivity index (χ3v) is 1.99. The summed E-state index contributed by atoms with van der Waals surface area (Å²) < 4.78 is 0. The summed E-state index contributed by atoms with van der Waals surface area (Å²) in [5, 5.41) is 24.0. The number of benzene rings is 1. The number of aromatic nitrogens is 3. The lowest BCUT2D eigenvalue weighted by Crippen LogP contribution is -1.97. The van der Waals surface area contributed by atoms with E-state index in [9.17, 15) is 0 Å². The maximum absolute atomic E-state index is 8.81. The lowest BCUT2D eigenvalue weighted by molar-refractivity contribution is -0.0492. The Kier molecular flexibility index (Phi) is 2.75. The van der Waals surface area contributed by atoms with Crippen LogP contribution in [0.5, 0.6) is 0 Å². The molecule has 1 heterocycles. The first-order valence-electron chi connectivity index (χ1n) is 4.57. The Bertz CT molecular complexity index is 425. The van der Waals surface area contributed by atoms with Crippen LogP contribution in [0.15, 0.2) is 30.3 Å². The molecule has 0 saturated carbocycles. The fourth-order valence-corrected chi connectivity index (χ4v) is 1.29. The predicted molar refractivity (Wildman–Crippen MR) is 52.8 cm³/mol. The molecule has 0 aliphatic rings. The molecule has 78 valence electrons. The molecule has 0 unspecified atom stereocenters. The molecule has 15 heavy (non-hydrogen) atoms. The van der Waals surface area contributed by atoms with Gasteiger partial charge in [-0.05, 0) is 5.56 Å². The maximum Gasteiger partial charge on any atom is 0.216 e. The summed E-state index contributed by atoms with van der Waals surface area (Å²) >= 11 is 0. The van der Waals surface area contributed by atoms with E-state index in [1.54, 1.807) is 0 Å². The molecule has 0 bridgehead atoms. The normalized spacial score (nSPS) is 10.9. The third kappa shape index (κ3) is 2.39. The molecule has 1 aromatic carbocycles. The van der Waals surface area contributed by atoms with Gasteiger partial charge in [0.15, 0.2) is 0 Å². The van der Waals surface area contributed by atoms with Gasteiger partial charge < -0.3 is 10.2 Å². The van der Waals surface area contributed by atoms with Crippen molar-refractivity contribution in [2.75, 3.05) is 0 Å². The fourth-order valence-electron chi connectivity index (χ4n) is 1.29. The second kappa shape index (κ2) is 4.20. The number of aromatic amines is 1. The fraction of sp³-hybridized carbons (Fsp3) is 0.200. The van der Waals surface area contributed by atoms with Crippen molar-refractivity contribution in [1.82, 2.24) is 15.2 Å². The third-order valence-electron chi connectivity index (χ3n) is 1.99. The average molecular weight is 205 g/mol. The van der Waals surface area contributed by atoms with Gasteiger partial charge in [-0.25, -0.2) is 4.98 Å². The second-order valence-corrected chi connectivity index (χ2v) is 3.18. The van der Waals surface area contributed by atoms with Crippen LogP contribution in [-0.4, -0.2) is 25.4 Å². The summed E-state index contributed by atoms with van der Waals surface area (Å²) in [6, 6.07) is 9.75. The summed E-state index contributed by atoms with van der Waals surface area (Å²) in [6.45, 7) is 0. The van der Waals surface area contributed by atoms with Crippen LogP contribution in [0.2, 0.25) is 0 Å². The standard InChI is InChI=1S/C10H11N3O2/c14-10(15)9-11-8(12-13-9)6-7-4-2-1-3-5-7/h1-5,10,14-15H,6H2,(H,11,12,13). The Labute approximate surface area is 86.4 Å². The minimum atomic E-state index is -1.62. The summed E-state index contributed by atoms with van der Waals surface area (Å²) in [4.78, 5) is 3.94. The zero-order valence-electron chi connectivity index (χ0n) is 7.96. The highest BCUT2D eigenvalue weighted by Crippen LogP contribution is 2.07. The van der Waals surface area contributed by atoms with Crippen molar-refractivity contribution in [3.05, 3.63) is 47.5 Å². The van der Waals surface area contributed by atoms with Gasteiger partial charge >= 0.3 is 0 Å². The molecule has 0 atom stereocenters. The van der Waals surface area contributed by atoms with E-state index in [1.165, 1.54) is 0 Å². The molecule has 2 aromatic rings. The lowest BCUT2D eigenvalue weighted by atomic mass is 10.1. The van der Waals surface area contributed by atoms with Crippen LogP contribution in [0, 0.1) is 0 Å². The van der Waals surface area contributed by atoms with E-state index in [4.69, 9.17) is 10.2 Å². The quantitative estimate of drug-likeness (QED) is 0.632. The van der Waals surface area contributed by atoms with Gasteiger partial charge in [-0.15, -0.1) is 0 Å². The van der Waals surface area contributed by atoms with E-state index in [1.807, 2.05) is 30.3 Å².